The Hall–Kier alpha value is -1.71. The Morgan fingerprint density at radius 1 is 1.20 bits per heavy atom. The summed E-state index contributed by atoms with van der Waals surface area (Å²) < 4.78 is 0. The average Bonchev–Trinajstić information content (AvgIpc) is 2.85. The number of carbonyl (C=O) groups excluding carboxylic acids is 3. The molecule has 25 heavy (non-hydrogen) atoms. The number of allylic oxidation sites excluding steroid dienone is 3. The monoisotopic (exact) mass is 344 g/mol. The van der Waals surface area contributed by atoms with Gasteiger partial charge in [0.15, 0.2) is 17.3 Å². The summed E-state index contributed by atoms with van der Waals surface area (Å²) in [7, 11) is 0. The molecule has 136 valence electrons. The highest BCUT2D eigenvalue weighted by molar-refractivity contribution is 6.32. The van der Waals surface area contributed by atoms with Crippen LogP contribution >= 0.6 is 0 Å². The largest absolute Gasteiger partial charge is 0.510 e. The first-order valence-corrected chi connectivity index (χ1v) is 9.06. The standard InChI is InChI=1S/C21H28O4/c1-10(2)12-8-21-13(19(12,5)6)9-20(7,18(21)25)16(23)14(17(21)24)15(22)11(3)4/h11-13,23H,1,8-9H2,2-7H3/t12-,13-,20-,21+/m1/s1. The summed E-state index contributed by atoms with van der Waals surface area (Å²) in [6.07, 6.45) is 0.810. The van der Waals surface area contributed by atoms with Crippen molar-refractivity contribution in [3.8, 4) is 0 Å². The topological polar surface area (TPSA) is 71.4 Å². The molecule has 0 aromatic heterocycles. The number of rotatable bonds is 3. The van der Waals surface area contributed by atoms with Crippen LogP contribution in [0.3, 0.4) is 0 Å². The van der Waals surface area contributed by atoms with Crippen LogP contribution in [-0.4, -0.2) is 22.5 Å². The van der Waals surface area contributed by atoms with Crippen molar-refractivity contribution in [2.24, 2.45) is 34.0 Å². The van der Waals surface area contributed by atoms with Crippen LogP contribution in [0.4, 0.5) is 0 Å². The van der Waals surface area contributed by atoms with Crippen molar-refractivity contribution in [1.82, 2.24) is 0 Å². The van der Waals surface area contributed by atoms with Crippen molar-refractivity contribution < 1.29 is 19.5 Å². The fourth-order valence-corrected chi connectivity index (χ4v) is 5.78. The van der Waals surface area contributed by atoms with E-state index in [2.05, 4.69) is 20.4 Å². The SMILES string of the molecule is C=C(C)[C@H]1C[C@@]23C(=O)C(C(=O)C(C)C)=C(O)[C@@](C)(C[C@@H]2C1(C)C)C3=O. The molecule has 1 N–H and O–H groups in total. The number of carbonyl (C=O) groups is 3. The number of hydrogen-bond acceptors (Lipinski definition) is 4. The van der Waals surface area contributed by atoms with Gasteiger partial charge in [0.05, 0.1) is 10.8 Å². The zero-order valence-corrected chi connectivity index (χ0v) is 16.0. The molecule has 0 aromatic rings. The number of fused-ring (bicyclic) bond motifs is 1. The average molecular weight is 344 g/mol. The van der Waals surface area contributed by atoms with E-state index < -0.39 is 22.5 Å². The zero-order valence-electron chi connectivity index (χ0n) is 16.0. The lowest BCUT2D eigenvalue weighted by Gasteiger charge is -2.35. The van der Waals surface area contributed by atoms with E-state index in [-0.39, 0.29) is 40.1 Å². The minimum Gasteiger partial charge on any atom is -0.510 e. The van der Waals surface area contributed by atoms with E-state index in [0.717, 1.165) is 5.57 Å². The van der Waals surface area contributed by atoms with Crippen LogP contribution in [0.1, 0.15) is 54.4 Å². The highest BCUT2D eigenvalue weighted by Crippen LogP contribution is 2.71. The highest BCUT2D eigenvalue weighted by Gasteiger charge is 2.76. The molecular formula is C21H28O4. The van der Waals surface area contributed by atoms with Crippen molar-refractivity contribution in [1.29, 1.82) is 0 Å². The van der Waals surface area contributed by atoms with Gasteiger partial charge in [-0.2, -0.15) is 0 Å². The summed E-state index contributed by atoms with van der Waals surface area (Å²) in [6, 6.07) is 0. The van der Waals surface area contributed by atoms with Gasteiger partial charge >= 0.3 is 0 Å². The molecule has 4 heteroatoms. The fraction of sp³-hybridized carbons (Fsp3) is 0.667. The van der Waals surface area contributed by atoms with Crippen molar-refractivity contribution in [3.05, 3.63) is 23.5 Å². The Bertz CT molecular complexity index is 754. The molecule has 0 saturated heterocycles. The van der Waals surface area contributed by atoms with E-state index in [4.69, 9.17) is 0 Å². The predicted octanol–water partition coefficient (Wildman–Crippen LogP) is 3.81. The fourth-order valence-electron chi connectivity index (χ4n) is 5.78. The number of hydrogen-bond donors (Lipinski definition) is 1. The van der Waals surface area contributed by atoms with Gasteiger partial charge < -0.3 is 5.11 Å². The maximum Gasteiger partial charge on any atom is 0.183 e. The zero-order chi connectivity index (χ0) is 19.1. The molecule has 0 unspecified atom stereocenters. The van der Waals surface area contributed by atoms with Crippen molar-refractivity contribution >= 4 is 17.3 Å². The van der Waals surface area contributed by atoms with Crippen LogP contribution < -0.4 is 0 Å². The lowest BCUT2D eigenvalue weighted by atomic mass is 9.64. The minimum atomic E-state index is -1.19. The maximum atomic E-state index is 13.5. The summed E-state index contributed by atoms with van der Waals surface area (Å²) in [5, 5.41) is 10.8. The number of ketones is 3. The molecule has 4 atom stereocenters. The molecule has 4 nitrogen and oxygen atoms in total. The summed E-state index contributed by atoms with van der Waals surface area (Å²) in [5.74, 6) is -1.87. The Balaban J connectivity index is 2.26. The Labute approximate surface area is 149 Å². The van der Waals surface area contributed by atoms with Gasteiger partial charge in [0.25, 0.3) is 0 Å². The second-order valence-corrected chi connectivity index (χ2v) is 9.39. The minimum absolute atomic E-state index is 0.0468. The van der Waals surface area contributed by atoms with Gasteiger partial charge in [-0.1, -0.05) is 39.8 Å². The Kier molecular flexibility index (Phi) is 3.56. The van der Waals surface area contributed by atoms with Gasteiger partial charge in [-0.3, -0.25) is 14.4 Å². The van der Waals surface area contributed by atoms with Crippen molar-refractivity contribution in [2.75, 3.05) is 0 Å². The molecule has 3 aliphatic rings. The predicted molar refractivity (Wildman–Crippen MR) is 94.9 cm³/mol. The third-order valence-corrected chi connectivity index (χ3v) is 7.19. The smallest absolute Gasteiger partial charge is 0.183 e. The first-order chi connectivity index (χ1) is 11.3. The lowest BCUT2D eigenvalue weighted by Crippen LogP contribution is -2.49. The molecule has 0 amide bonds. The van der Waals surface area contributed by atoms with E-state index in [9.17, 15) is 19.5 Å². The molecule has 0 aliphatic heterocycles. The van der Waals surface area contributed by atoms with Crippen molar-refractivity contribution in [2.45, 2.75) is 54.4 Å². The maximum absolute atomic E-state index is 13.5. The molecule has 3 aliphatic carbocycles. The summed E-state index contributed by atoms with van der Waals surface area (Å²) in [5.41, 5.74) is -1.76. The molecule has 3 rings (SSSR count). The lowest BCUT2D eigenvalue weighted by molar-refractivity contribution is -0.144. The van der Waals surface area contributed by atoms with Gasteiger partial charge in [0.1, 0.15) is 11.3 Å². The summed E-state index contributed by atoms with van der Waals surface area (Å²) in [4.78, 5) is 39.5. The molecule has 2 fully saturated rings. The first kappa shape index (κ1) is 18.1. The van der Waals surface area contributed by atoms with Crippen LogP contribution in [-0.2, 0) is 14.4 Å². The Morgan fingerprint density at radius 2 is 1.76 bits per heavy atom. The first-order valence-electron chi connectivity index (χ1n) is 9.06. The van der Waals surface area contributed by atoms with Crippen LogP contribution in [0, 0.1) is 34.0 Å². The molecule has 2 saturated carbocycles. The summed E-state index contributed by atoms with van der Waals surface area (Å²) >= 11 is 0. The van der Waals surface area contributed by atoms with Crippen LogP contribution in [0.25, 0.3) is 0 Å². The van der Waals surface area contributed by atoms with Gasteiger partial charge in [0, 0.05) is 5.92 Å². The normalized spacial score (nSPS) is 39.2. The molecule has 1 spiro atoms. The second-order valence-electron chi connectivity index (χ2n) is 9.39. The Morgan fingerprint density at radius 3 is 2.24 bits per heavy atom. The number of Topliss-reactive ketones (excluding diaryl/α,β-unsaturated/α-hetero) is 3. The van der Waals surface area contributed by atoms with Gasteiger partial charge in [-0.25, -0.2) is 0 Å². The van der Waals surface area contributed by atoms with E-state index in [1.807, 2.05) is 6.92 Å². The van der Waals surface area contributed by atoms with E-state index in [1.165, 1.54) is 0 Å². The number of aliphatic hydroxyl groups excluding tert-OH is 1. The highest BCUT2D eigenvalue weighted by atomic mass is 16.3. The van der Waals surface area contributed by atoms with E-state index in [1.54, 1.807) is 20.8 Å². The van der Waals surface area contributed by atoms with Crippen LogP contribution in [0.2, 0.25) is 0 Å². The van der Waals surface area contributed by atoms with Crippen LogP contribution in [0.15, 0.2) is 23.5 Å². The third-order valence-electron chi connectivity index (χ3n) is 7.19. The third kappa shape index (κ3) is 1.86. The number of aliphatic hydroxyl groups is 1. The molecule has 0 aromatic carbocycles. The summed E-state index contributed by atoms with van der Waals surface area (Å²) in [6.45, 7) is 15.3. The molecule has 2 bridgehead atoms. The molecule has 0 radical (unpaired) electrons. The van der Waals surface area contributed by atoms with E-state index in [0.29, 0.717) is 12.8 Å². The molecular weight excluding hydrogens is 316 g/mol. The van der Waals surface area contributed by atoms with Gasteiger partial charge in [-0.15, -0.1) is 0 Å². The van der Waals surface area contributed by atoms with E-state index >= 15 is 0 Å². The van der Waals surface area contributed by atoms with Gasteiger partial charge in [-0.05, 0) is 43.9 Å². The van der Waals surface area contributed by atoms with Gasteiger partial charge in [0.2, 0.25) is 0 Å². The van der Waals surface area contributed by atoms with Crippen molar-refractivity contribution in [3.63, 3.8) is 0 Å². The second kappa shape index (κ2) is 4.93. The quantitative estimate of drug-likeness (QED) is 0.480. The molecule has 0 heterocycles. The van der Waals surface area contributed by atoms with Crippen LogP contribution in [0.5, 0.6) is 0 Å².